The number of hydrogen-bond acceptors (Lipinski definition) is 3. The zero-order chi connectivity index (χ0) is 16.1. The van der Waals surface area contributed by atoms with Crippen molar-refractivity contribution in [1.82, 2.24) is 9.80 Å². The first-order valence-corrected chi connectivity index (χ1v) is 8.80. The van der Waals surface area contributed by atoms with Crippen LogP contribution in [0.15, 0.2) is 24.3 Å². The third-order valence-corrected chi connectivity index (χ3v) is 4.98. The molecule has 2 aliphatic rings. The van der Waals surface area contributed by atoms with E-state index < -0.39 is 0 Å². The Morgan fingerprint density at radius 2 is 2.00 bits per heavy atom. The first kappa shape index (κ1) is 16.4. The fourth-order valence-corrected chi connectivity index (χ4v) is 3.28. The molecule has 124 valence electrons. The quantitative estimate of drug-likeness (QED) is 0.778. The summed E-state index contributed by atoms with van der Waals surface area (Å²) in [4.78, 5) is 5.07. The van der Waals surface area contributed by atoms with Gasteiger partial charge in [-0.15, -0.1) is 0 Å². The summed E-state index contributed by atoms with van der Waals surface area (Å²) in [5.74, 6) is 8.51. The number of piperidine rings is 1. The van der Waals surface area contributed by atoms with Crippen molar-refractivity contribution in [2.75, 3.05) is 40.3 Å². The van der Waals surface area contributed by atoms with Gasteiger partial charge in [0.05, 0.1) is 13.7 Å². The molecule has 3 heteroatoms. The molecule has 1 saturated carbocycles. The molecule has 0 N–H and O–H groups in total. The van der Waals surface area contributed by atoms with Gasteiger partial charge < -0.3 is 9.64 Å². The molecular formula is C20H28N2O. The van der Waals surface area contributed by atoms with Crippen LogP contribution in [-0.4, -0.2) is 56.2 Å². The molecule has 0 bridgehead atoms. The molecule has 0 radical (unpaired) electrons. The zero-order valence-electron chi connectivity index (χ0n) is 14.4. The van der Waals surface area contributed by atoms with Gasteiger partial charge in [0.15, 0.2) is 0 Å². The summed E-state index contributed by atoms with van der Waals surface area (Å²) in [6.45, 7) is 4.56. The number of nitrogens with zero attached hydrogens (tertiary/aromatic N) is 2. The fourth-order valence-electron chi connectivity index (χ4n) is 3.28. The van der Waals surface area contributed by atoms with Crippen molar-refractivity contribution in [1.29, 1.82) is 0 Å². The number of rotatable bonds is 5. The van der Waals surface area contributed by atoms with Gasteiger partial charge in [-0.3, -0.25) is 4.90 Å². The van der Waals surface area contributed by atoms with Gasteiger partial charge in [0, 0.05) is 18.2 Å². The molecule has 0 spiro atoms. The van der Waals surface area contributed by atoms with Gasteiger partial charge in [0.25, 0.3) is 0 Å². The van der Waals surface area contributed by atoms with E-state index in [1.165, 1.54) is 45.3 Å². The lowest BCUT2D eigenvalue weighted by Gasteiger charge is -2.36. The maximum absolute atomic E-state index is 5.27. The minimum Gasteiger partial charge on any atom is -0.497 e. The minimum atomic E-state index is 0.714. The lowest BCUT2D eigenvalue weighted by atomic mass is 10.0. The SMILES string of the molecule is COc1cccc(C#CCN(CC2CC2)C2CCN(C)CC2)c1. The van der Waals surface area contributed by atoms with Gasteiger partial charge >= 0.3 is 0 Å². The van der Waals surface area contributed by atoms with Crippen LogP contribution in [0.4, 0.5) is 0 Å². The maximum Gasteiger partial charge on any atom is 0.120 e. The van der Waals surface area contributed by atoms with Crippen molar-refractivity contribution in [2.45, 2.75) is 31.7 Å². The summed E-state index contributed by atoms with van der Waals surface area (Å²) < 4.78 is 5.27. The van der Waals surface area contributed by atoms with E-state index in [9.17, 15) is 0 Å². The average Bonchev–Trinajstić information content (AvgIpc) is 3.39. The Kier molecular flexibility index (Phi) is 5.59. The van der Waals surface area contributed by atoms with Crippen molar-refractivity contribution in [2.24, 2.45) is 5.92 Å². The second-order valence-corrected chi connectivity index (χ2v) is 6.94. The molecule has 0 aromatic heterocycles. The summed E-state index contributed by atoms with van der Waals surface area (Å²) in [6, 6.07) is 8.74. The Morgan fingerprint density at radius 3 is 2.70 bits per heavy atom. The Bertz CT molecular complexity index is 562. The van der Waals surface area contributed by atoms with Crippen molar-refractivity contribution in [3.05, 3.63) is 29.8 Å². The standard InChI is InChI=1S/C20H28N2O/c1-21-13-10-19(11-14-21)22(16-18-8-9-18)12-4-6-17-5-3-7-20(15-17)23-2/h3,5,7,15,18-19H,8-14,16H2,1-2H3. The Morgan fingerprint density at radius 1 is 1.22 bits per heavy atom. The first-order valence-electron chi connectivity index (χ1n) is 8.80. The third-order valence-electron chi connectivity index (χ3n) is 4.98. The number of ether oxygens (including phenoxy) is 1. The molecule has 3 nitrogen and oxygen atoms in total. The van der Waals surface area contributed by atoms with E-state index in [2.05, 4.69) is 34.8 Å². The highest BCUT2D eigenvalue weighted by atomic mass is 16.5. The van der Waals surface area contributed by atoms with Crippen LogP contribution in [0.5, 0.6) is 5.75 Å². The molecule has 1 heterocycles. The molecule has 23 heavy (non-hydrogen) atoms. The average molecular weight is 312 g/mol. The van der Waals surface area contributed by atoms with Crippen LogP contribution < -0.4 is 4.74 Å². The van der Waals surface area contributed by atoms with E-state index in [4.69, 9.17) is 4.74 Å². The van der Waals surface area contributed by atoms with E-state index in [1.54, 1.807) is 7.11 Å². The van der Waals surface area contributed by atoms with E-state index >= 15 is 0 Å². The lowest BCUT2D eigenvalue weighted by molar-refractivity contribution is 0.129. The van der Waals surface area contributed by atoms with Crippen LogP contribution >= 0.6 is 0 Å². The van der Waals surface area contributed by atoms with Gasteiger partial charge in [0.2, 0.25) is 0 Å². The molecule has 0 atom stereocenters. The normalized spacial score (nSPS) is 19.4. The summed E-state index contributed by atoms with van der Waals surface area (Å²) >= 11 is 0. The van der Waals surface area contributed by atoms with E-state index in [0.717, 1.165) is 23.8 Å². The largest absolute Gasteiger partial charge is 0.497 e. The summed E-state index contributed by atoms with van der Waals surface area (Å²) in [5, 5.41) is 0. The Balaban J connectivity index is 1.60. The second-order valence-electron chi connectivity index (χ2n) is 6.94. The molecule has 0 amide bonds. The summed E-state index contributed by atoms with van der Waals surface area (Å²) in [5.41, 5.74) is 1.04. The molecule has 0 unspecified atom stereocenters. The van der Waals surface area contributed by atoms with Crippen LogP contribution in [0.2, 0.25) is 0 Å². The highest BCUT2D eigenvalue weighted by Gasteiger charge is 2.29. The molecule has 3 rings (SSSR count). The molecule has 1 saturated heterocycles. The zero-order valence-corrected chi connectivity index (χ0v) is 14.4. The third kappa shape index (κ3) is 4.99. The van der Waals surface area contributed by atoms with Crippen LogP contribution in [-0.2, 0) is 0 Å². The number of hydrogen-bond donors (Lipinski definition) is 0. The molecule has 1 aromatic rings. The number of benzene rings is 1. The predicted molar refractivity (Wildman–Crippen MR) is 94.7 cm³/mol. The van der Waals surface area contributed by atoms with Crippen LogP contribution in [0, 0.1) is 17.8 Å². The van der Waals surface area contributed by atoms with Crippen LogP contribution in [0.1, 0.15) is 31.2 Å². The van der Waals surface area contributed by atoms with E-state index in [0.29, 0.717) is 6.04 Å². The lowest BCUT2D eigenvalue weighted by Crippen LogP contribution is -2.44. The number of methoxy groups -OCH3 is 1. The molecule has 1 aromatic carbocycles. The van der Waals surface area contributed by atoms with Gasteiger partial charge in [-0.1, -0.05) is 17.9 Å². The van der Waals surface area contributed by atoms with Crippen molar-refractivity contribution < 1.29 is 4.74 Å². The van der Waals surface area contributed by atoms with Gasteiger partial charge in [-0.25, -0.2) is 0 Å². The Labute approximate surface area is 140 Å². The minimum absolute atomic E-state index is 0.714. The highest BCUT2D eigenvalue weighted by Crippen LogP contribution is 2.31. The van der Waals surface area contributed by atoms with Crippen molar-refractivity contribution in [3.63, 3.8) is 0 Å². The smallest absolute Gasteiger partial charge is 0.120 e. The Hall–Kier alpha value is -1.50. The van der Waals surface area contributed by atoms with Gasteiger partial charge in [0.1, 0.15) is 5.75 Å². The van der Waals surface area contributed by atoms with Crippen molar-refractivity contribution in [3.8, 4) is 17.6 Å². The maximum atomic E-state index is 5.27. The molecule has 2 fully saturated rings. The summed E-state index contributed by atoms with van der Waals surface area (Å²) in [6.07, 6.45) is 5.38. The number of likely N-dealkylation sites (tertiary alicyclic amines) is 1. The fraction of sp³-hybridized carbons (Fsp3) is 0.600. The van der Waals surface area contributed by atoms with Gasteiger partial charge in [-0.05, 0) is 69.9 Å². The predicted octanol–water partition coefficient (Wildman–Crippen LogP) is 2.85. The van der Waals surface area contributed by atoms with Gasteiger partial charge in [-0.2, -0.15) is 0 Å². The van der Waals surface area contributed by atoms with Crippen molar-refractivity contribution >= 4 is 0 Å². The van der Waals surface area contributed by atoms with Crippen LogP contribution in [0.3, 0.4) is 0 Å². The molecule has 1 aliphatic heterocycles. The van der Waals surface area contributed by atoms with Crippen LogP contribution in [0.25, 0.3) is 0 Å². The monoisotopic (exact) mass is 312 g/mol. The van der Waals surface area contributed by atoms with E-state index in [1.807, 2.05) is 18.2 Å². The topological polar surface area (TPSA) is 15.7 Å². The molecular weight excluding hydrogens is 284 g/mol. The van der Waals surface area contributed by atoms with E-state index in [-0.39, 0.29) is 0 Å². The first-order chi connectivity index (χ1) is 11.2. The highest BCUT2D eigenvalue weighted by molar-refractivity contribution is 5.39. The summed E-state index contributed by atoms with van der Waals surface area (Å²) in [7, 11) is 3.92. The molecule has 1 aliphatic carbocycles. The second kappa shape index (κ2) is 7.86.